The van der Waals surface area contributed by atoms with E-state index in [0.717, 1.165) is 23.5 Å². The molecule has 2 rings (SSSR count). The van der Waals surface area contributed by atoms with Gasteiger partial charge in [-0.1, -0.05) is 12.1 Å². The second-order valence-corrected chi connectivity index (χ2v) is 3.31. The predicted molar refractivity (Wildman–Crippen MR) is 59.6 cm³/mol. The lowest BCUT2D eigenvalue weighted by molar-refractivity contribution is 0.346. The minimum Gasteiger partial charge on any atom is -0.495 e. The third-order valence-electron chi connectivity index (χ3n) is 2.27. The van der Waals surface area contributed by atoms with E-state index in [2.05, 4.69) is 10.3 Å². The number of anilines is 1. The minimum absolute atomic E-state index is 0.572. The molecule has 4 heteroatoms. The average Bonchev–Trinajstić information content (AvgIpc) is 2.74. The smallest absolute Gasteiger partial charge is 0.289 e. The maximum Gasteiger partial charge on any atom is 0.289 e. The summed E-state index contributed by atoms with van der Waals surface area (Å²) in [4.78, 5) is 4.18. The molecule has 0 aromatic heterocycles. The molecule has 1 aromatic rings. The van der Waals surface area contributed by atoms with E-state index in [1.807, 2.05) is 25.1 Å². The van der Waals surface area contributed by atoms with Crippen molar-refractivity contribution in [1.82, 2.24) is 0 Å². The molecule has 4 nitrogen and oxygen atoms in total. The molecule has 0 amide bonds. The topological polar surface area (TPSA) is 42.8 Å². The molecule has 0 fully saturated rings. The van der Waals surface area contributed by atoms with Crippen molar-refractivity contribution < 1.29 is 9.47 Å². The van der Waals surface area contributed by atoms with Gasteiger partial charge in [-0.05, 0) is 18.6 Å². The largest absolute Gasteiger partial charge is 0.495 e. The molecule has 0 aliphatic carbocycles. The van der Waals surface area contributed by atoms with E-state index in [-0.39, 0.29) is 0 Å². The Kier molecular flexibility index (Phi) is 2.76. The van der Waals surface area contributed by atoms with E-state index in [4.69, 9.17) is 9.47 Å². The van der Waals surface area contributed by atoms with Crippen LogP contribution in [0.1, 0.15) is 5.56 Å². The Bertz CT molecular complexity index is 388. The first-order valence-electron chi connectivity index (χ1n) is 4.89. The number of aryl methyl sites for hydroxylation is 1. The Morgan fingerprint density at radius 3 is 3.00 bits per heavy atom. The fraction of sp³-hybridized carbons (Fsp3) is 0.364. The second-order valence-electron chi connectivity index (χ2n) is 3.31. The molecule has 0 saturated carbocycles. The van der Waals surface area contributed by atoms with Crippen LogP contribution in [0.3, 0.4) is 0 Å². The van der Waals surface area contributed by atoms with Gasteiger partial charge in [0.25, 0.3) is 6.02 Å². The Hall–Kier alpha value is -1.71. The van der Waals surface area contributed by atoms with Crippen LogP contribution in [0.25, 0.3) is 0 Å². The molecule has 0 radical (unpaired) electrons. The summed E-state index contributed by atoms with van der Waals surface area (Å²) in [6.07, 6.45) is 0. The second kappa shape index (κ2) is 4.21. The van der Waals surface area contributed by atoms with Crippen LogP contribution in [-0.2, 0) is 4.74 Å². The Morgan fingerprint density at radius 1 is 1.47 bits per heavy atom. The zero-order valence-corrected chi connectivity index (χ0v) is 8.91. The van der Waals surface area contributed by atoms with Gasteiger partial charge in [0.15, 0.2) is 0 Å². The zero-order chi connectivity index (χ0) is 10.7. The van der Waals surface area contributed by atoms with Crippen LogP contribution in [-0.4, -0.2) is 26.3 Å². The van der Waals surface area contributed by atoms with Crippen molar-refractivity contribution in [3.8, 4) is 5.75 Å². The number of nitrogens with one attached hydrogen (secondary N) is 1. The number of rotatable bonds is 2. The summed E-state index contributed by atoms with van der Waals surface area (Å²) >= 11 is 0. The lowest BCUT2D eigenvalue weighted by atomic mass is 10.2. The van der Waals surface area contributed by atoms with Crippen LogP contribution in [0.4, 0.5) is 5.69 Å². The van der Waals surface area contributed by atoms with E-state index in [1.54, 1.807) is 7.11 Å². The fourth-order valence-corrected chi connectivity index (χ4v) is 1.49. The maximum absolute atomic E-state index is 5.29. The molecule has 1 aliphatic rings. The van der Waals surface area contributed by atoms with Crippen molar-refractivity contribution in [1.29, 1.82) is 0 Å². The van der Waals surface area contributed by atoms with E-state index in [1.165, 1.54) is 0 Å². The van der Waals surface area contributed by atoms with E-state index < -0.39 is 0 Å². The molecule has 1 heterocycles. The molecule has 15 heavy (non-hydrogen) atoms. The first-order valence-corrected chi connectivity index (χ1v) is 4.89. The van der Waals surface area contributed by atoms with E-state index in [9.17, 15) is 0 Å². The quantitative estimate of drug-likeness (QED) is 0.802. The van der Waals surface area contributed by atoms with Crippen molar-refractivity contribution in [3.05, 3.63) is 23.8 Å². The molecule has 80 valence electrons. The molecule has 0 bridgehead atoms. The van der Waals surface area contributed by atoms with E-state index in [0.29, 0.717) is 12.6 Å². The van der Waals surface area contributed by atoms with Gasteiger partial charge < -0.3 is 14.8 Å². The van der Waals surface area contributed by atoms with Crippen LogP contribution in [0.15, 0.2) is 23.2 Å². The third kappa shape index (κ3) is 2.03. The van der Waals surface area contributed by atoms with Gasteiger partial charge in [0.1, 0.15) is 12.4 Å². The Balaban J connectivity index is 2.25. The van der Waals surface area contributed by atoms with Crippen molar-refractivity contribution in [2.75, 3.05) is 25.6 Å². The molecule has 0 spiro atoms. The van der Waals surface area contributed by atoms with Gasteiger partial charge in [0.2, 0.25) is 0 Å². The number of aliphatic imine (C=N–C) groups is 1. The number of ether oxygens (including phenoxy) is 2. The van der Waals surface area contributed by atoms with Gasteiger partial charge in [-0.15, -0.1) is 0 Å². The van der Waals surface area contributed by atoms with Crippen molar-refractivity contribution in [2.24, 2.45) is 4.99 Å². The highest BCUT2D eigenvalue weighted by molar-refractivity contribution is 5.92. The average molecular weight is 206 g/mol. The Morgan fingerprint density at radius 2 is 2.33 bits per heavy atom. The highest BCUT2D eigenvalue weighted by Crippen LogP contribution is 2.27. The van der Waals surface area contributed by atoms with Gasteiger partial charge in [-0.2, -0.15) is 0 Å². The summed E-state index contributed by atoms with van der Waals surface area (Å²) in [5, 5.41) is 3.13. The molecular formula is C11H14N2O2. The summed E-state index contributed by atoms with van der Waals surface area (Å²) < 4.78 is 10.6. The minimum atomic E-state index is 0.572. The number of hydrogen-bond donors (Lipinski definition) is 1. The molecular weight excluding hydrogens is 192 g/mol. The molecule has 0 atom stereocenters. The van der Waals surface area contributed by atoms with Crippen molar-refractivity contribution >= 4 is 11.7 Å². The monoisotopic (exact) mass is 206 g/mol. The number of para-hydroxylation sites is 1. The maximum atomic E-state index is 5.29. The molecule has 1 aliphatic heterocycles. The van der Waals surface area contributed by atoms with Gasteiger partial charge in [0, 0.05) is 0 Å². The van der Waals surface area contributed by atoms with E-state index >= 15 is 0 Å². The summed E-state index contributed by atoms with van der Waals surface area (Å²) in [5.41, 5.74) is 2.02. The standard InChI is InChI=1S/C11H14N2O2/c1-8-4-3-5-9(14-2)10(8)13-11-12-6-7-15-11/h3-5H,6-7H2,1-2H3,(H,12,13). The zero-order valence-electron chi connectivity index (χ0n) is 8.91. The van der Waals surface area contributed by atoms with Crippen molar-refractivity contribution in [2.45, 2.75) is 6.92 Å². The van der Waals surface area contributed by atoms with Gasteiger partial charge >= 0.3 is 0 Å². The van der Waals surface area contributed by atoms with Crippen molar-refractivity contribution in [3.63, 3.8) is 0 Å². The van der Waals surface area contributed by atoms with Crippen LogP contribution in [0.5, 0.6) is 5.75 Å². The first kappa shape index (κ1) is 9.83. The van der Waals surface area contributed by atoms with Gasteiger partial charge in [-0.3, -0.25) is 0 Å². The number of hydrogen-bond acceptors (Lipinski definition) is 4. The molecule has 0 saturated heterocycles. The highest BCUT2D eigenvalue weighted by atomic mass is 16.5. The van der Waals surface area contributed by atoms with Crippen LogP contribution < -0.4 is 10.1 Å². The number of nitrogens with zero attached hydrogens (tertiary/aromatic N) is 1. The molecule has 1 aromatic carbocycles. The predicted octanol–water partition coefficient (Wildman–Crippen LogP) is 1.80. The van der Waals surface area contributed by atoms with Crippen LogP contribution in [0.2, 0.25) is 0 Å². The Labute approximate surface area is 88.9 Å². The fourth-order valence-electron chi connectivity index (χ4n) is 1.49. The lowest BCUT2D eigenvalue weighted by Gasteiger charge is -2.12. The van der Waals surface area contributed by atoms with Crippen LogP contribution in [0, 0.1) is 6.92 Å². The first-order chi connectivity index (χ1) is 7.31. The number of amidine groups is 1. The van der Waals surface area contributed by atoms with Gasteiger partial charge in [-0.25, -0.2) is 4.99 Å². The summed E-state index contributed by atoms with van der Waals surface area (Å²) in [7, 11) is 1.65. The molecule has 0 unspecified atom stereocenters. The van der Waals surface area contributed by atoms with Crippen LogP contribution >= 0.6 is 0 Å². The SMILES string of the molecule is COc1cccc(C)c1NC1=NCCO1. The third-order valence-corrected chi connectivity index (χ3v) is 2.27. The highest BCUT2D eigenvalue weighted by Gasteiger charge is 2.12. The lowest BCUT2D eigenvalue weighted by Crippen LogP contribution is -2.13. The summed E-state index contributed by atoms with van der Waals surface area (Å²) in [5.74, 6) is 0.799. The summed E-state index contributed by atoms with van der Waals surface area (Å²) in [6, 6.07) is 6.45. The number of benzene rings is 1. The summed E-state index contributed by atoms with van der Waals surface area (Å²) in [6.45, 7) is 3.38. The molecule has 1 N–H and O–H groups in total. The van der Waals surface area contributed by atoms with Gasteiger partial charge in [0.05, 0.1) is 19.3 Å². The number of methoxy groups -OCH3 is 1. The normalized spacial score (nSPS) is 14.4.